The summed E-state index contributed by atoms with van der Waals surface area (Å²) < 4.78 is 32.7. The molecule has 10 heteroatoms. The van der Waals surface area contributed by atoms with Crippen molar-refractivity contribution in [3.05, 3.63) is 40.9 Å². The number of hydrogen-bond acceptors (Lipinski definition) is 7. The summed E-state index contributed by atoms with van der Waals surface area (Å²) in [6, 6.07) is 5.92. The van der Waals surface area contributed by atoms with E-state index in [1.807, 2.05) is 6.92 Å². The number of ether oxygens (including phenoxy) is 1. The quantitative estimate of drug-likeness (QED) is 0.593. The first-order chi connectivity index (χ1) is 14.9. The molecule has 1 heterocycles. The molecule has 0 bridgehead atoms. The first-order valence-corrected chi connectivity index (χ1v) is 12.7. The molecule has 0 atom stereocenters. The zero-order valence-electron chi connectivity index (χ0n) is 17.7. The van der Waals surface area contributed by atoms with E-state index in [1.165, 1.54) is 29.6 Å². The number of benzene rings is 1. The molecule has 1 aliphatic rings. The largest absolute Gasteiger partial charge is 0.461 e. The number of thiazole rings is 1. The highest BCUT2D eigenvalue weighted by Gasteiger charge is 2.31. The van der Waals surface area contributed by atoms with E-state index in [4.69, 9.17) is 4.74 Å². The number of aromatic nitrogens is 1. The lowest BCUT2D eigenvalue weighted by Gasteiger charge is -2.32. The molecule has 1 aromatic carbocycles. The van der Waals surface area contributed by atoms with Crippen LogP contribution in [0.25, 0.3) is 0 Å². The molecular formula is C21H27N3O5S2. The van der Waals surface area contributed by atoms with Crippen LogP contribution in [-0.4, -0.2) is 48.8 Å². The Morgan fingerprint density at radius 3 is 2.45 bits per heavy atom. The standard InChI is InChI=1S/C21H27N3O5S2/c1-3-24(16-8-6-5-7-9-16)31(27,28)17-12-10-15(11-13-17)19(25)23-21-22-18(14-30-21)20(26)29-4-2/h10-14,16H,3-9H2,1-2H3,(H,22,23,25). The minimum atomic E-state index is -3.62. The summed E-state index contributed by atoms with van der Waals surface area (Å²) in [5, 5.41) is 4.39. The van der Waals surface area contributed by atoms with E-state index < -0.39 is 21.9 Å². The van der Waals surface area contributed by atoms with Crippen molar-refractivity contribution in [2.45, 2.75) is 56.9 Å². The summed E-state index contributed by atoms with van der Waals surface area (Å²) in [6.07, 6.45) is 5.01. The van der Waals surface area contributed by atoms with Crippen molar-refractivity contribution in [2.75, 3.05) is 18.5 Å². The third-order valence-electron chi connectivity index (χ3n) is 5.23. The monoisotopic (exact) mass is 465 g/mol. The molecule has 2 aromatic rings. The number of sulfonamides is 1. The molecule has 0 radical (unpaired) electrons. The van der Waals surface area contributed by atoms with Crippen LogP contribution >= 0.6 is 11.3 Å². The van der Waals surface area contributed by atoms with Crippen LogP contribution in [0.5, 0.6) is 0 Å². The molecule has 0 unspecified atom stereocenters. The molecule has 31 heavy (non-hydrogen) atoms. The van der Waals surface area contributed by atoms with Gasteiger partial charge in [-0.15, -0.1) is 11.3 Å². The predicted molar refractivity (Wildman–Crippen MR) is 119 cm³/mol. The van der Waals surface area contributed by atoms with Crippen molar-refractivity contribution in [1.82, 2.24) is 9.29 Å². The lowest BCUT2D eigenvalue weighted by atomic mass is 9.95. The minimum absolute atomic E-state index is 0.0326. The third kappa shape index (κ3) is 5.50. The van der Waals surface area contributed by atoms with Gasteiger partial charge in [0.2, 0.25) is 10.0 Å². The van der Waals surface area contributed by atoms with Crippen LogP contribution in [0.3, 0.4) is 0 Å². The lowest BCUT2D eigenvalue weighted by molar-refractivity contribution is 0.0520. The number of esters is 1. The number of hydrogen-bond donors (Lipinski definition) is 1. The van der Waals surface area contributed by atoms with Crippen molar-refractivity contribution in [3.8, 4) is 0 Å². The number of rotatable bonds is 8. The maximum Gasteiger partial charge on any atom is 0.357 e. The molecule has 1 aromatic heterocycles. The molecule has 8 nitrogen and oxygen atoms in total. The van der Waals surface area contributed by atoms with E-state index in [2.05, 4.69) is 10.3 Å². The lowest BCUT2D eigenvalue weighted by Crippen LogP contribution is -2.41. The fraction of sp³-hybridized carbons (Fsp3) is 0.476. The molecule has 3 rings (SSSR count). The molecule has 1 aliphatic carbocycles. The second-order valence-corrected chi connectivity index (χ2v) is 9.99. The Morgan fingerprint density at radius 2 is 1.84 bits per heavy atom. The predicted octanol–water partition coefficient (Wildman–Crippen LogP) is 3.92. The van der Waals surface area contributed by atoms with Gasteiger partial charge in [-0.25, -0.2) is 18.2 Å². The van der Waals surface area contributed by atoms with Gasteiger partial charge in [0.15, 0.2) is 10.8 Å². The highest BCUT2D eigenvalue weighted by atomic mass is 32.2. The Morgan fingerprint density at radius 1 is 1.16 bits per heavy atom. The first-order valence-electron chi connectivity index (χ1n) is 10.4. The highest BCUT2D eigenvalue weighted by Crippen LogP contribution is 2.28. The van der Waals surface area contributed by atoms with Crippen LogP contribution in [0.15, 0.2) is 34.5 Å². The van der Waals surface area contributed by atoms with Gasteiger partial charge >= 0.3 is 5.97 Å². The third-order valence-corrected chi connectivity index (χ3v) is 8.03. The molecular weight excluding hydrogens is 438 g/mol. The molecule has 0 spiro atoms. The van der Waals surface area contributed by atoms with Crippen LogP contribution in [0.4, 0.5) is 5.13 Å². The first kappa shape index (κ1) is 23.4. The van der Waals surface area contributed by atoms with E-state index in [0.29, 0.717) is 12.1 Å². The number of carbonyl (C=O) groups excluding carboxylic acids is 2. The molecule has 1 amide bonds. The Labute approximate surface area is 186 Å². The van der Waals surface area contributed by atoms with Gasteiger partial charge in [-0.3, -0.25) is 10.1 Å². The number of nitrogens with one attached hydrogen (secondary N) is 1. The SMILES string of the molecule is CCOC(=O)c1csc(NC(=O)c2ccc(S(=O)(=O)N(CC)C3CCCCC3)cc2)n1. The number of amides is 1. The fourth-order valence-corrected chi connectivity index (χ4v) is 6.08. The summed E-state index contributed by atoms with van der Waals surface area (Å²) in [5.41, 5.74) is 0.429. The minimum Gasteiger partial charge on any atom is -0.461 e. The van der Waals surface area contributed by atoms with Crippen LogP contribution in [-0.2, 0) is 14.8 Å². The normalized spacial score (nSPS) is 15.1. The topological polar surface area (TPSA) is 106 Å². The van der Waals surface area contributed by atoms with Gasteiger partial charge in [0.1, 0.15) is 0 Å². The highest BCUT2D eigenvalue weighted by molar-refractivity contribution is 7.89. The van der Waals surface area contributed by atoms with Crippen molar-refractivity contribution < 1.29 is 22.7 Å². The molecule has 1 saturated carbocycles. The van der Waals surface area contributed by atoms with Gasteiger partial charge in [-0.05, 0) is 44.0 Å². The molecule has 1 N–H and O–H groups in total. The van der Waals surface area contributed by atoms with E-state index >= 15 is 0 Å². The Balaban J connectivity index is 1.70. The summed E-state index contributed by atoms with van der Waals surface area (Å²) >= 11 is 1.11. The van der Waals surface area contributed by atoms with Crippen molar-refractivity contribution in [2.24, 2.45) is 0 Å². The number of carbonyl (C=O) groups is 2. The summed E-state index contributed by atoms with van der Waals surface area (Å²) in [6.45, 7) is 4.21. The molecule has 168 valence electrons. The van der Waals surface area contributed by atoms with E-state index in [9.17, 15) is 18.0 Å². The van der Waals surface area contributed by atoms with Gasteiger partial charge in [0.25, 0.3) is 5.91 Å². The Hall–Kier alpha value is -2.30. The zero-order valence-corrected chi connectivity index (χ0v) is 19.3. The maximum atomic E-state index is 13.1. The van der Waals surface area contributed by atoms with E-state index in [0.717, 1.165) is 43.4 Å². The van der Waals surface area contributed by atoms with Crippen LogP contribution in [0.1, 0.15) is 66.8 Å². The van der Waals surface area contributed by atoms with E-state index in [1.54, 1.807) is 11.2 Å². The maximum absolute atomic E-state index is 13.1. The van der Waals surface area contributed by atoms with Crippen molar-refractivity contribution in [3.63, 3.8) is 0 Å². The number of nitrogens with zero attached hydrogens (tertiary/aromatic N) is 2. The summed E-state index contributed by atoms with van der Waals surface area (Å²) in [5.74, 6) is -0.986. The Kier molecular flexibility index (Phi) is 7.79. The molecule has 0 saturated heterocycles. The second kappa shape index (κ2) is 10.3. The molecule has 1 fully saturated rings. The van der Waals surface area contributed by atoms with Gasteiger partial charge in [0.05, 0.1) is 11.5 Å². The zero-order chi connectivity index (χ0) is 22.4. The second-order valence-electron chi connectivity index (χ2n) is 7.24. The van der Waals surface area contributed by atoms with Crippen molar-refractivity contribution >= 4 is 38.4 Å². The average molecular weight is 466 g/mol. The van der Waals surface area contributed by atoms with Crippen LogP contribution < -0.4 is 5.32 Å². The molecule has 0 aliphatic heterocycles. The van der Waals surface area contributed by atoms with Gasteiger partial charge in [0, 0.05) is 23.5 Å². The van der Waals surface area contributed by atoms with Crippen LogP contribution in [0.2, 0.25) is 0 Å². The average Bonchev–Trinajstić information content (AvgIpc) is 3.24. The van der Waals surface area contributed by atoms with Gasteiger partial charge in [-0.1, -0.05) is 26.2 Å². The van der Waals surface area contributed by atoms with Gasteiger partial charge < -0.3 is 4.74 Å². The van der Waals surface area contributed by atoms with Crippen LogP contribution in [0, 0.1) is 0 Å². The van der Waals surface area contributed by atoms with Gasteiger partial charge in [-0.2, -0.15) is 4.31 Å². The fourth-order valence-electron chi connectivity index (χ4n) is 3.71. The summed E-state index contributed by atoms with van der Waals surface area (Å²) in [7, 11) is -3.62. The number of anilines is 1. The Bertz CT molecular complexity index is 1010. The van der Waals surface area contributed by atoms with Crippen molar-refractivity contribution in [1.29, 1.82) is 0 Å². The smallest absolute Gasteiger partial charge is 0.357 e. The summed E-state index contributed by atoms with van der Waals surface area (Å²) in [4.78, 5) is 28.4. The van der Waals surface area contributed by atoms with E-state index in [-0.39, 0.29) is 28.4 Å².